The van der Waals surface area contributed by atoms with Crippen LogP contribution in [0, 0.1) is 5.82 Å². The highest BCUT2D eigenvalue weighted by atomic mass is 35.5. The Bertz CT molecular complexity index is 734. The minimum absolute atomic E-state index is 0.0181. The van der Waals surface area contributed by atoms with Gasteiger partial charge in [-0.1, -0.05) is 24.3 Å². The zero-order valence-electron chi connectivity index (χ0n) is 11.1. The quantitative estimate of drug-likeness (QED) is 0.882. The second-order valence-electron chi connectivity index (χ2n) is 4.02. The van der Waals surface area contributed by atoms with E-state index in [0.29, 0.717) is 5.56 Å². The minimum Gasteiger partial charge on any atom is -0.464 e. The van der Waals surface area contributed by atoms with Gasteiger partial charge in [-0.25, -0.2) is 19.2 Å². The second kappa shape index (κ2) is 5.88. The molecule has 108 valence electrons. The van der Waals surface area contributed by atoms with Gasteiger partial charge in [0, 0.05) is 11.1 Å². The molecule has 2 rings (SSSR count). The van der Waals surface area contributed by atoms with E-state index < -0.39 is 11.8 Å². The summed E-state index contributed by atoms with van der Waals surface area (Å²) in [6, 6.07) is 3.96. The van der Waals surface area contributed by atoms with Crippen molar-refractivity contribution >= 4 is 29.5 Å². The molecule has 21 heavy (non-hydrogen) atoms. The maximum absolute atomic E-state index is 13.2. The SMILES string of the molecule is C=Cc1c(N)nc(-c2ccc(F)c(Cl)c2)nc1C(=O)OC. The summed E-state index contributed by atoms with van der Waals surface area (Å²) in [5.41, 5.74) is 6.48. The van der Waals surface area contributed by atoms with Crippen LogP contribution in [0.1, 0.15) is 16.1 Å². The molecule has 0 unspecified atom stereocenters. The number of ether oxygens (including phenoxy) is 1. The fourth-order valence-corrected chi connectivity index (χ4v) is 1.89. The van der Waals surface area contributed by atoms with Crippen LogP contribution >= 0.6 is 11.6 Å². The lowest BCUT2D eigenvalue weighted by Crippen LogP contribution is -2.11. The summed E-state index contributed by atoms with van der Waals surface area (Å²) in [6.45, 7) is 3.56. The molecule has 0 spiro atoms. The van der Waals surface area contributed by atoms with Crippen molar-refractivity contribution in [1.82, 2.24) is 9.97 Å². The highest BCUT2D eigenvalue weighted by Crippen LogP contribution is 2.25. The van der Waals surface area contributed by atoms with Crippen molar-refractivity contribution in [2.24, 2.45) is 0 Å². The molecule has 1 aromatic carbocycles. The number of hydrogen-bond acceptors (Lipinski definition) is 5. The Kier molecular flexibility index (Phi) is 4.18. The topological polar surface area (TPSA) is 78.1 Å². The second-order valence-corrected chi connectivity index (χ2v) is 4.43. The van der Waals surface area contributed by atoms with Gasteiger partial charge >= 0.3 is 5.97 Å². The highest BCUT2D eigenvalue weighted by Gasteiger charge is 2.18. The number of aromatic nitrogens is 2. The molecular formula is C14H11ClFN3O2. The van der Waals surface area contributed by atoms with Crippen molar-refractivity contribution < 1.29 is 13.9 Å². The molecule has 0 saturated heterocycles. The first kappa shape index (κ1) is 14.9. The van der Waals surface area contributed by atoms with Gasteiger partial charge in [-0.3, -0.25) is 0 Å². The normalized spacial score (nSPS) is 10.2. The molecule has 0 saturated carbocycles. The van der Waals surface area contributed by atoms with E-state index in [1.807, 2.05) is 0 Å². The van der Waals surface area contributed by atoms with E-state index in [1.165, 1.54) is 31.4 Å². The van der Waals surface area contributed by atoms with E-state index in [9.17, 15) is 9.18 Å². The van der Waals surface area contributed by atoms with Gasteiger partial charge in [0.05, 0.1) is 12.1 Å². The van der Waals surface area contributed by atoms with Gasteiger partial charge in [0.25, 0.3) is 0 Å². The first-order chi connectivity index (χ1) is 9.97. The Morgan fingerprint density at radius 1 is 1.48 bits per heavy atom. The molecule has 0 amide bonds. The summed E-state index contributed by atoms with van der Waals surface area (Å²) in [6.07, 6.45) is 1.36. The molecule has 1 aromatic heterocycles. The van der Waals surface area contributed by atoms with Crippen molar-refractivity contribution in [2.75, 3.05) is 12.8 Å². The Labute approximate surface area is 125 Å². The van der Waals surface area contributed by atoms with Crippen LogP contribution in [0.4, 0.5) is 10.2 Å². The molecule has 2 N–H and O–H groups in total. The zero-order chi connectivity index (χ0) is 15.6. The largest absolute Gasteiger partial charge is 0.464 e. The number of benzene rings is 1. The molecule has 0 fully saturated rings. The van der Waals surface area contributed by atoms with E-state index in [0.717, 1.165) is 0 Å². The van der Waals surface area contributed by atoms with Crippen molar-refractivity contribution in [3.63, 3.8) is 0 Å². The molecule has 0 aliphatic heterocycles. The first-order valence-corrected chi connectivity index (χ1v) is 6.19. The molecule has 2 aromatic rings. The number of nitrogens with zero attached hydrogens (tertiary/aromatic N) is 2. The number of hydrogen-bond donors (Lipinski definition) is 1. The van der Waals surface area contributed by atoms with Crippen molar-refractivity contribution in [3.8, 4) is 11.4 Å². The number of halogens is 2. The third kappa shape index (κ3) is 2.85. The summed E-state index contributed by atoms with van der Waals surface area (Å²) in [5, 5.41) is -0.0814. The summed E-state index contributed by atoms with van der Waals surface area (Å²) in [7, 11) is 1.22. The van der Waals surface area contributed by atoms with E-state index in [-0.39, 0.29) is 27.9 Å². The molecule has 7 heteroatoms. The third-order valence-electron chi connectivity index (χ3n) is 2.74. The van der Waals surface area contributed by atoms with E-state index in [2.05, 4.69) is 21.3 Å². The number of carbonyl (C=O) groups excluding carboxylic acids is 1. The van der Waals surface area contributed by atoms with Crippen LogP contribution in [0.3, 0.4) is 0 Å². The number of esters is 1. The first-order valence-electron chi connectivity index (χ1n) is 5.81. The van der Waals surface area contributed by atoms with Gasteiger partial charge in [-0.05, 0) is 18.2 Å². The van der Waals surface area contributed by atoms with Crippen LogP contribution in [0.2, 0.25) is 5.02 Å². The Morgan fingerprint density at radius 2 is 2.19 bits per heavy atom. The van der Waals surface area contributed by atoms with Gasteiger partial charge in [-0.2, -0.15) is 0 Å². The van der Waals surface area contributed by atoms with Gasteiger partial charge in [0.2, 0.25) is 0 Å². The fraction of sp³-hybridized carbons (Fsp3) is 0.0714. The molecule has 0 atom stereocenters. The summed E-state index contributed by atoms with van der Waals surface area (Å²) < 4.78 is 17.8. The van der Waals surface area contributed by atoms with Crippen LogP contribution in [0.25, 0.3) is 17.5 Å². The fourth-order valence-electron chi connectivity index (χ4n) is 1.70. The van der Waals surface area contributed by atoms with E-state index >= 15 is 0 Å². The summed E-state index contributed by atoms with van der Waals surface area (Å²) in [5.74, 6) is -1.03. The number of nitrogens with two attached hydrogens (primary N) is 1. The average Bonchev–Trinajstić information content (AvgIpc) is 2.48. The van der Waals surface area contributed by atoms with Gasteiger partial charge in [0.15, 0.2) is 11.5 Å². The van der Waals surface area contributed by atoms with Crippen molar-refractivity contribution in [1.29, 1.82) is 0 Å². The Morgan fingerprint density at radius 3 is 2.76 bits per heavy atom. The molecule has 0 aliphatic rings. The lowest BCUT2D eigenvalue weighted by atomic mass is 10.1. The molecular weight excluding hydrogens is 297 g/mol. The van der Waals surface area contributed by atoms with Crippen LogP contribution in [0.5, 0.6) is 0 Å². The van der Waals surface area contributed by atoms with Gasteiger partial charge in [-0.15, -0.1) is 0 Å². The number of anilines is 1. The van der Waals surface area contributed by atoms with E-state index in [1.54, 1.807) is 0 Å². The summed E-state index contributed by atoms with van der Waals surface area (Å²) >= 11 is 5.72. The third-order valence-corrected chi connectivity index (χ3v) is 3.03. The van der Waals surface area contributed by atoms with Crippen LogP contribution in [-0.2, 0) is 4.74 Å². The molecule has 0 bridgehead atoms. The van der Waals surface area contributed by atoms with Crippen molar-refractivity contribution in [3.05, 3.63) is 46.9 Å². The standard InChI is InChI=1S/C14H11ClFN3O2/c1-3-8-11(14(20)21-2)18-13(19-12(8)17)7-4-5-10(16)9(15)6-7/h3-6H,1H2,2H3,(H2,17,18,19). The molecule has 0 radical (unpaired) electrons. The van der Waals surface area contributed by atoms with Crippen LogP contribution < -0.4 is 5.73 Å². The smallest absolute Gasteiger partial charge is 0.357 e. The Balaban J connectivity index is 2.65. The predicted molar refractivity (Wildman–Crippen MR) is 78.3 cm³/mol. The van der Waals surface area contributed by atoms with Gasteiger partial charge < -0.3 is 10.5 Å². The zero-order valence-corrected chi connectivity index (χ0v) is 11.8. The molecule has 1 heterocycles. The summed E-state index contributed by atoms with van der Waals surface area (Å²) in [4.78, 5) is 19.9. The average molecular weight is 308 g/mol. The van der Waals surface area contributed by atoms with Crippen LogP contribution in [0.15, 0.2) is 24.8 Å². The van der Waals surface area contributed by atoms with Crippen LogP contribution in [-0.4, -0.2) is 23.0 Å². The van der Waals surface area contributed by atoms with Crippen molar-refractivity contribution in [2.45, 2.75) is 0 Å². The maximum Gasteiger partial charge on any atom is 0.357 e. The maximum atomic E-state index is 13.2. The number of methoxy groups -OCH3 is 1. The molecule has 5 nitrogen and oxygen atoms in total. The lowest BCUT2D eigenvalue weighted by Gasteiger charge is -2.09. The number of rotatable bonds is 3. The minimum atomic E-state index is -0.673. The molecule has 0 aliphatic carbocycles. The number of carbonyl (C=O) groups is 1. The number of nitrogen functional groups attached to an aromatic ring is 1. The predicted octanol–water partition coefficient (Wildman–Crippen LogP) is 2.95. The lowest BCUT2D eigenvalue weighted by molar-refractivity contribution is 0.0594. The highest BCUT2D eigenvalue weighted by molar-refractivity contribution is 6.31. The monoisotopic (exact) mass is 307 g/mol. The van der Waals surface area contributed by atoms with E-state index in [4.69, 9.17) is 17.3 Å². The Hall–Kier alpha value is -2.47. The van der Waals surface area contributed by atoms with Gasteiger partial charge in [0.1, 0.15) is 11.6 Å².